The summed E-state index contributed by atoms with van der Waals surface area (Å²) >= 11 is 0. The van der Waals surface area contributed by atoms with E-state index in [9.17, 15) is 9.90 Å². The quantitative estimate of drug-likeness (QED) is 0.813. The van der Waals surface area contributed by atoms with Crippen molar-refractivity contribution in [2.75, 3.05) is 39.4 Å². The van der Waals surface area contributed by atoms with Gasteiger partial charge in [0.2, 0.25) is 5.91 Å². The lowest BCUT2D eigenvalue weighted by molar-refractivity contribution is -0.142. The minimum Gasteiger partial charge on any atom is -0.508 e. The Balaban J connectivity index is 0.00000156. The number of amides is 1. The van der Waals surface area contributed by atoms with Gasteiger partial charge in [0.25, 0.3) is 0 Å². The molecule has 2 heterocycles. The number of hydrogen-bond acceptors (Lipinski definition) is 5. The van der Waals surface area contributed by atoms with E-state index in [1.54, 1.807) is 12.1 Å². The van der Waals surface area contributed by atoms with E-state index in [-0.39, 0.29) is 30.7 Å². The first-order valence-corrected chi connectivity index (χ1v) is 8.23. The molecule has 2 fully saturated rings. The van der Waals surface area contributed by atoms with Gasteiger partial charge in [0, 0.05) is 45.9 Å². The number of halogens is 2. The molecule has 0 aliphatic carbocycles. The summed E-state index contributed by atoms with van der Waals surface area (Å²) in [4.78, 5) is 16.9. The molecular formula is C17H27Cl2N3O3. The second kappa shape index (κ2) is 9.59. The van der Waals surface area contributed by atoms with E-state index in [2.05, 4.69) is 4.90 Å². The van der Waals surface area contributed by atoms with Crippen LogP contribution < -0.4 is 5.73 Å². The SMILES string of the molecule is Cl.Cl.NC1(C(=O)N2CCN(Cc3cccc(O)c3)CC2)CCOCC1. The number of rotatable bonds is 3. The molecule has 2 aliphatic rings. The Morgan fingerprint density at radius 3 is 2.40 bits per heavy atom. The summed E-state index contributed by atoms with van der Waals surface area (Å²) in [7, 11) is 0. The van der Waals surface area contributed by atoms with Crippen LogP contribution in [0.4, 0.5) is 0 Å². The van der Waals surface area contributed by atoms with Crippen molar-refractivity contribution in [3.05, 3.63) is 29.8 Å². The summed E-state index contributed by atoms with van der Waals surface area (Å²) in [5.41, 5.74) is 6.64. The summed E-state index contributed by atoms with van der Waals surface area (Å²) in [6, 6.07) is 7.32. The number of nitrogens with zero attached hydrogens (tertiary/aromatic N) is 2. The van der Waals surface area contributed by atoms with Crippen LogP contribution in [0.3, 0.4) is 0 Å². The number of hydrogen-bond donors (Lipinski definition) is 2. The number of carbonyl (C=O) groups is 1. The number of benzene rings is 1. The zero-order valence-corrected chi connectivity index (χ0v) is 15.9. The number of ether oxygens (including phenoxy) is 1. The lowest BCUT2D eigenvalue weighted by Gasteiger charge is -2.41. The van der Waals surface area contributed by atoms with Crippen molar-refractivity contribution in [2.24, 2.45) is 5.73 Å². The first-order valence-electron chi connectivity index (χ1n) is 8.23. The average molecular weight is 392 g/mol. The number of carbonyl (C=O) groups excluding carboxylic acids is 1. The summed E-state index contributed by atoms with van der Waals surface area (Å²) in [5, 5.41) is 9.53. The standard InChI is InChI=1S/C17H25N3O3.2ClH/c18-17(4-10-23-11-5-17)16(22)20-8-6-19(7-9-20)13-14-2-1-3-15(21)12-14;;/h1-3,12,21H,4-11,13,18H2;2*1H. The Morgan fingerprint density at radius 1 is 1.16 bits per heavy atom. The summed E-state index contributed by atoms with van der Waals surface area (Å²) in [5.74, 6) is 0.360. The van der Waals surface area contributed by atoms with E-state index in [0.29, 0.717) is 44.9 Å². The molecule has 8 heteroatoms. The number of aromatic hydroxyl groups is 1. The fourth-order valence-electron chi connectivity index (χ4n) is 3.29. The van der Waals surface area contributed by atoms with E-state index in [0.717, 1.165) is 25.2 Å². The van der Waals surface area contributed by atoms with Crippen LogP contribution in [-0.2, 0) is 16.1 Å². The van der Waals surface area contributed by atoms with Crippen molar-refractivity contribution in [3.8, 4) is 5.75 Å². The van der Waals surface area contributed by atoms with Crippen LogP contribution in [0.2, 0.25) is 0 Å². The van der Waals surface area contributed by atoms with Crippen LogP contribution in [0.5, 0.6) is 5.75 Å². The maximum Gasteiger partial charge on any atom is 0.242 e. The Hall–Kier alpha value is -1.05. The van der Waals surface area contributed by atoms with Gasteiger partial charge < -0.3 is 20.5 Å². The molecule has 1 amide bonds. The topological polar surface area (TPSA) is 79.0 Å². The smallest absolute Gasteiger partial charge is 0.242 e. The second-order valence-electron chi connectivity index (χ2n) is 6.51. The fraction of sp³-hybridized carbons (Fsp3) is 0.588. The molecule has 0 unspecified atom stereocenters. The predicted octanol–water partition coefficient (Wildman–Crippen LogP) is 1.39. The molecule has 25 heavy (non-hydrogen) atoms. The lowest BCUT2D eigenvalue weighted by Crippen LogP contribution is -2.61. The predicted molar refractivity (Wildman–Crippen MR) is 101 cm³/mol. The van der Waals surface area contributed by atoms with Crippen molar-refractivity contribution in [2.45, 2.75) is 24.9 Å². The fourth-order valence-corrected chi connectivity index (χ4v) is 3.29. The normalized spacial score (nSPS) is 20.3. The Labute approximate surface area is 161 Å². The van der Waals surface area contributed by atoms with Gasteiger partial charge in [-0.25, -0.2) is 0 Å². The third-order valence-electron chi connectivity index (χ3n) is 4.79. The number of nitrogens with two attached hydrogens (primary N) is 1. The van der Waals surface area contributed by atoms with Crippen LogP contribution in [0.25, 0.3) is 0 Å². The molecule has 3 rings (SSSR count). The number of phenolic OH excluding ortho intramolecular Hbond substituents is 1. The molecule has 0 spiro atoms. The maximum absolute atomic E-state index is 12.7. The van der Waals surface area contributed by atoms with Gasteiger partial charge in [-0.1, -0.05) is 12.1 Å². The summed E-state index contributed by atoms with van der Waals surface area (Å²) in [6.45, 7) is 4.99. The van der Waals surface area contributed by atoms with E-state index < -0.39 is 5.54 Å². The zero-order valence-electron chi connectivity index (χ0n) is 14.2. The Morgan fingerprint density at radius 2 is 1.80 bits per heavy atom. The van der Waals surface area contributed by atoms with Crippen LogP contribution in [0, 0.1) is 0 Å². The third-order valence-corrected chi connectivity index (χ3v) is 4.79. The number of phenols is 1. The van der Waals surface area contributed by atoms with Gasteiger partial charge in [-0.05, 0) is 30.5 Å². The third kappa shape index (κ3) is 5.46. The molecule has 142 valence electrons. The molecule has 2 aliphatic heterocycles. The van der Waals surface area contributed by atoms with Crippen molar-refractivity contribution in [3.63, 3.8) is 0 Å². The van der Waals surface area contributed by atoms with E-state index in [4.69, 9.17) is 10.5 Å². The maximum atomic E-state index is 12.7. The van der Waals surface area contributed by atoms with Gasteiger partial charge in [0.05, 0.1) is 5.54 Å². The first kappa shape index (κ1) is 22.0. The van der Waals surface area contributed by atoms with Crippen molar-refractivity contribution >= 4 is 30.7 Å². The molecule has 0 saturated carbocycles. The minimum absolute atomic E-state index is 0. The van der Waals surface area contributed by atoms with Crippen LogP contribution in [-0.4, -0.2) is 65.7 Å². The molecule has 6 nitrogen and oxygen atoms in total. The highest BCUT2D eigenvalue weighted by atomic mass is 35.5. The molecule has 0 radical (unpaired) electrons. The molecule has 0 aromatic heterocycles. The van der Waals surface area contributed by atoms with Crippen LogP contribution in [0.1, 0.15) is 18.4 Å². The largest absolute Gasteiger partial charge is 0.508 e. The second-order valence-corrected chi connectivity index (χ2v) is 6.51. The van der Waals surface area contributed by atoms with Crippen molar-refractivity contribution in [1.82, 2.24) is 9.80 Å². The molecule has 2 saturated heterocycles. The monoisotopic (exact) mass is 391 g/mol. The van der Waals surface area contributed by atoms with Gasteiger partial charge in [0.1, 0.15) is 5.75 Å². The van der Waals surface area contributed by atoms with Gasteiger partial charge in [-0.3, -0.25) is 9.69 Å². The van der Waals surface area contributed by atoms with Gasteiger partial charge in [0.15, 0.2) is 0 Å². The van der Waals surface area contributed by atoms with Crippen LogP contribution in [0.15, 0.2) is 24.3 Å². The van der Waals surface area contributed by atoms with E-state index in [1.807, 2.05) is 17.0 Å². The van der Waals surface area contributed by atoms with E-state index >= 15 is 0 Å². The number of piperazine rings is 1. The minimum atomic E-state index is -0.744. The van der Waals surface area contributed by atoms with Gasteiger partial charge in [-0.2, -0.15) is 0 Å². The highest BCUT2D eigenvalue weighted by Crippen LogP contribution is 2.22. The molecular weight excluding hydrogens is 365 g/mol. The van der Waals surface area contributed by atoms with Crippen molar-refractivity contribution < 1.29 is 14.6 Å². The van der Waals surface area contributed by atoms with E-state index in [1.165, 1.54) is 0 Å². The summed E-state index contributed by atoms with van der Waals surface area (Å²) < 4.78 is 5.32. The summed E-state index contributed by atoms with van der Waals surface area (Å²) in [6.07, 6.45) is 1.21. The van der Waals surface area contributed by atoms with Gasteiger partial charge >= 0.3 is 0 Å². The highest BCUT2D eigenvalue weighted by molar-refractivity contribution is 5.86. The average Bonchev–Trinajstić information content (AvgIpc) is 2.56. The molecule has 0 atom stereocenters. The highest BCUT2D eigenvalue weighted by Gasteiger charge is 2.39. The van der Waals surface area contributed by atoms with Crippen LogP contribution >= 0.6 is 24.8 Å². The van der Waals surface area contributed by atoms with Gasteiger partial charge in [-0.15, -0.1) is 24.8 Å². The zero-order chi connectivity index (χ0) is 16.3. The lowest BCUT2D eigenvalue weighted by atomic mass is 9.89. The Bertz CT molecular complexity index is 560. The molecule has 0 bridgehead atoms. The first-order chi connectivity index (χ1) is 11.1. The molecule has 3 N–H and O–H groups in total. The Kier molecular flexibility index (Phi) is 8.44. The van der Waals surface area contributed by atoms with Crippen molar-refractivity contribution in [1.29, 1.82) is 0 Å². The molecule has 1 aromatic rings. The molecule has 1 aromatic carbocycles.